The van der Waals surface area contributed by atoms with E-state index in [1.807, 2.05) is 0 Å². The number of nitrogens with one attached hydrogen (secondary N) is 2. The standard InChI is InChI=1S/C22H30ClN3O4/c1-2-3-4-5-6-7-8-9-10-11-18(27)25-26-22(30)19-20(28)16-13-12-15(23)14-17(16)24-21(19)29/h12-14,16,28H,2-11H2,1H3,(H,25,27)(H,26,30). The number of carbonyl (C=O) groups is 3. The molecule has 7 nitrogen and oxygen atoms in total. The fraction of sp³-hybridized carbons (Fsp3) is 0.545. The topological polar surface area (TPSA) is 108 Å². The van der Waals surface area contributed by atoms with Crippen LogP contribution in [0.4, 0.5) is 0 Å². The number of aliphatic hydroxyl groups excluding tert-OH is 1. The molecular weight excluding hydrogens is 406 g/mol. The lowest BCUT2D eigenvalue weighted by molar-refractivity contribution is -0.129. The van der Waals surface area contributed by atoms with Crippen LogP contribution < -0.4 is 10.9 Å². The van der Waals surface area contributed by atoms with Crippen LogP contribution in [0, 0.1) is 5.92 Å². The molecule has 0 radical (unpaired) electrons. The number of hydrogen-bond acceptors (Lipinski definition) is 4. The maximum Gasteiger partial charge on any atom is 0.286 e. The van der Waals surface area contributed by atoms with E-state index in [1.54, 1.807) is 12.2 Å². The lowest BCUT2D eigenvalue weighted by Gasteiger charge is -2.22. The third-order valence-electron chi connectivity index (χ3n) is 5.10. The summed E-state index contributed by atoms with van der Waals surface area (Å²) in [5, 5.41) is 10.7. The highest BCUT2D eigenvalue weighted by Gasteiger charge is 2.34. The van der Waals surface area contributed by atoms with E-state index in [2.05, 4.69) is 22.8 Å². The predicted octanol–water partition coefficient (Wildman–Crippen LogP) is 4.16. The van der Waals surface area contributed by atoms with Crippen molar-refractivity contribution < 1.29 is 19.5 Å². The van der Waals surface area contributed by atoms with E-state index < -0.39 is 29.1 Å². The Hall–Kier alpha value is -2.41. The van der Waals surface area contributed by atoms with Crippen LogP contribution in [0.2, 0.25) is 0 Å². The van der Waals surface area contributed by atoms with Crippen molar-refractivity contribution in [1.82, 2.24) is 10.9 Å². The van der Waals surface area contributed by atoms with Crippen LogP contribution in [-0.2, 0) is 14.4 Å². The Balaban J connectivity index is 1.69. The Labute approximate surface area is 182 Å². The molecule has 8 heteroatoms. The highest BCUT2D eigenvalue weighted by molar-refractivity contribution is 6.34. The molecule has 3 N–H and O–H groups in total. The van der Waals surface area contributed by atoms with Crippen LogP contribution in [0.1, 0.15) is 71.1 Å². The van der Waals surface area contributed by atoms with Gasteiger partial charge in [0.2, 0.25) is 5.91 Å². The molecule has 2 rings (SSSR count). The molecule has 0 bridgehead atoms. The SMILES string of the molecule is CCCCCCCCCCCC(=O)NNC(=O)C1=C(O)C2C=CC(Cl)=CC2=NC1=O. The Morgan fingerprint density at radius 3 is 2.37 bits per heavy atom. The summed E-state index contributed by atoms with van der Waals surface area (Å²) >= 11 is 5.87. The molecule has 1 heterocycles. The van der Waals surface area contributed by atoms with Crippen LogP contribution in [0.5, 0.6) is 0 Å². The molecule has 0 saturated carbocycles. The van der Waals surface area contributed by atoms with E-state index in [0.717, 1.165) is 19.3 Å². The van der Waals surface area contributed by atoms with Gasteiger partial charge in [0.25, 0.3) is 11.8 Å². The van der Waals surface area contributed by atoms with Gasteiger partial charge in [0.05, 0.1) is 11.6 Å². The Morgan fingerprint density at radius 1 is 1.07 bits per heavy atom. The van der Waals surface area contributed by atoms with Crippen molar-refractivity contribution in [2.45, 2.75) is 71.1 Å². The zero-order chi connectivity index (χ0) is 21.9. The van der Waals surface area contributed by atoms with Gasteiger partial charge in [-0.05, 0) is 18.6 Å². The van der Waals surface area contributed by atoms with Crippen molar-refractivity contribution in [3.05, 3.63) is 34.6 Å². The van der Waals surface area contributed by atoms with Gasteiger partial charge in [0.1, 0.15) is 11.3 Å². The highest BCUT2D eigenvalue weighted by atomic mass is 35.5. The van der Waals surface area contributed by atoms with Crippen LogP contribution in [0.3, 0.4) is 0 Å². The fourth-order valence-electron chi connectivity index (χ4n) is 3.40. The van der Waals surface area contributed by atoms with Crippen LogP contribution >= 0.6 is 11.6 Å². The largest absolute Gasteiger partial charge is 0.510 e. The van der Waals surface area contributed by atoms with E-state index in [4.69, 9.17) is 11.6 Å². The van der Waals surface area contributed by atoms with Crippen LogP contribution in [0.25, 0.3) is 0 Å². The van der Waals surface area contributed by atoms with Crippen molar-refractivity contribution in [2.24, 2.45) is 10.9 Å². The number of nitrogens with zero attached hydrogens (tertiary/aromatic N) is 1. The number of aliphatic imine (C=N–C) groups is 1. The number of rotatable bonds is 11. The first-order valence-corrected chi connectivity index (χ1v) is 11.0. The number of halogens is 1. The highest BCUT2D eigenvalue weighted by Crippen LogP contribution is 2.28. The van der Waals surface area contributed by atoms with Gasteiger partial charge < -0.3 is 5.11 Å². The number of allylic oxidation sites excluding steroid dienone is 4. The first kappa shape index (κ1) is 23.9. The van der Waals surface area contributed by atoms with Crippen molar-refractivity contribution in [2.75, 3.05) is 0 Å². The summed E-state index contributed by atoms with van der Waals surface area (Å²) < 4.78 is 0. The fourth-order valence-corrected chi connectivity index (χ4v) is 3.58. The molecule has 0 aromatic rings. The molecule has 1 atom stereocenters. The van der Waals surface area contributed by atoms with Gasteiger partial charge >= 0.3 is 0 Å². The Bertz CT molecular complexity index is 783. The Kier molecular flexibility index (Phi) is 9.80. The summed E-state index contributed by atoms with van der Waals surface area (Å²) in [6, 6.07) is 0. The van der Waals surface area contributed by atoms with Gasteiger partial charge in [0, 0.05) is 11.5 Å². The number of hydrazine groups is 1. The monoisotopic (exact) mass is 435 g/mol. The molecule has 3 amide bonds. The summed E-state index contributed by atoms with van der Waals surface area (Å²) in [6.07, 6.45) is 15.2. The first-order valence-electron chi connectivity index (χ1n) is 10.6. The van der Waals surface area contributed by atoms with Crippen LogP contribution in [-0.4, -0.2) is 28.5 Å². The van der Waals surface area contributed by atoms with Crippen molar-refractivity contribution in [3.8, 4) is 0 Å². The molecule has 0 fully saturated rings. The number of unbranched alkanes of at least 4 members (excludes halogenated alkanes) is 8. The molecule has 164 valence electrons. The molecule has 1 aliphatic heterocycles. The number of dihydropyridines is 1. The minimum atomic E-state index is -0.894. The lowest BCUT2D eigenvalue weighted by Crippen LogP contribution is -2.44. The van der Waals surface area contributed by atoms with Crippen molar-refractivity contribution in [1.29, 1.82) is 0 Å². The quantitative estimate of drug-likeness (QED) is 0.257. The number of aliphatic hydroxyl groups is 1. The summed E-state index contributed by atoms with van der Waals surface area (Å²) in [6.45, 7) is 2.20. The molecule has 0 saturated heterocycles. The minimum absolute atomic E-state index is 0.274. The molecule has 1 unspecified atom stereocenters. The maximum atomic E-state index is 12.3. The number of fused-ring (bicyclic) bond motifs is 1. The second kappa shape index (κ2) is 12.3. The molecule has 0 aromatic heterocycles. The van der Waals surface area contributed by atoms with Gasteiger partial charge in [0.15, 0.2) is 0 Å². The molecule has 0 spiro atoms. The Morgan fingerprint density at radius 2 is 1.70 bits per heavy atom. The summed E-state index contributed by atoms with van der Waals surface area (Å²) in [5.41, 5.74) is 4.27. The zero-order valence-corrected chi connectivity index (χ0v) is 18.1. The average Bonchev–Trinajstić information content (AvgIpc) is 2.70. The summed E-state index contributed by atoms with van der Waals surface area (Å²) in [7, 11) is 0. The average molecular weight is 436 g/mol. The van der Waals surface area contributed by atoms with Crippen LogP contribution in [0.15, 0.2) is 39.6 Å². The van der Waals surface area contributed by atoms with E-state index >= 15 is 0 Å². The molecule has 30 heavy (non-hydrogen) atoms. The van der Waals surface area contributed by atoms with Gasteiger partial charge in [-0.3, -0.25) is 25.2 Å². The minimum Gasteiger partial charge on any atom is -0.510 e. The third-order valence-corrected chi connectivity index (χ3v) is 5.33. The van der Waals surface area contributed by atoms with Gasteiger partial charge in [-0.2, -0.15) is 0 Å². The van der Waals surface area contributed by atoms with Gasteiger partial charge in [-0.25, -0.2) is 4.99 Å². The molecular formula is C22H30ClN3O4. The molecule has 0 aromatic carbocycles. The van der Waals surface area contributed by atoms with Gasteiger partial charge in [-0.15, -0.1) is 0 Å². The van der Waals surface area contributed by atoms with E-state index in [-0.39, 0.29) is 18.0 Å². The third kappa shape index (κ3) is 7.13. The van der Waals surface area contributed by atoms with E-state index in [1.165, 1.54) is 44.6 Å². The predicted molar refractivity (Wildman–Crippen MR) is 117 cm³/mol. The molecule has 2 aliphatic rings. The molecule has 1 aliphatic carbocycles. The summed E-state index contributed by atoms with van der Waals surface area (Å²) in [4.78, 5) is 40.1. The second-order valence-corrected chi connectivity index (χ2v) is 7.99. The van der Waals surface area contributed by atoms with Crippen molar-refractivity contribution in [3.63, 3.8) is 0 Å². The number of carbonyl (C=O) groups excluding carboxylic acids is 3. The lowest BCUT2D eigenvalue weighted by atomic mass is 9.90. The zero-order valence-electron chi connectivity index (χ0n) is 17.4. The summed E-state index contributed by atoms with van der Waals surface area (Å²) in [5.74, 6) is -3.22. The number of amides is 3. The number of hydrogen-bond donors (Lipinski definition) is 3. The van der Waals surface area contributed by atoms with Crippen molar-refractivity contribution >= 4 is 35.0 Å². The maximum absolute atomic E-state index is 12.3. The van der Waals surface area contributed by atoms with E-state index in [9.17, 15) is 19.5 Å². The van der Waals surface area contributed by atoms with Gasteiger partial charge in [-0.1, -0.05) is 76.0 Å². The second-order valence-electron chi connectivity index (χ2n) is 7.55. The smallest absolute Gasteiger partial charge is 0.286 e. The van der Waals surface area contributed by atoms with E-state index in [0.29, 0.717) is 5.03 Å². The normalized spacial score (nSPS) is 17.9. The first-order chi connectivity index (χ1) is 14.4.